The van der Waals surface area contributed by atoms with E-state index in [2.05, 4.69) is 20.1 Å². The van der Waals surface area contributed by atoms with Crippen LogP contribution in [0.15, 0.2) is 48.5 Å². The summed E-state index contributed by atoms with van der Waals surface area (Å²) in [6, 6.07) is 12.1. The van der Waals surface area contributed by atoms with Gasteiger partial charge in [0, 0.05) is 50.4 Å². The number of hydrogen-bond acceptors (Lipinski definition) is 5. The number of rotatable bonds is 6. The number of nitrogens with zero attached hydrogens (tertiary/aromatic N) is 3. The molecular weight excluding hydrogens is 423 g/mol. The number of carbonyl (C=O) groups is 1. The Bertz CT molecular complexity index is 1060. The maximum absolute atomic E-state index is 13.4. The van der Waals surface area contributed by atoms with E-state index in [-0.39, 0.29) is 11.7 Å². The van der Waals surface area contributed by atoms with Gasteiger partial charge in [-0.25, -0.2) is 9.37 Å². The van der Waals surface area contributed by atoms with E-state index >= 15 is 0 Å². The Kier molecular flexibility index (Phi) is 6.62. The van der Waals surface area contributed by atoms with Gasteiger partial charge in [0.2, 0.25) is 5.91 Å². The molecule has 8 heteroatoms. The van der Waals surface area contributed by atoms with E-state index in [1.807, 2.05) is 18.2 Å². The average molecular weight is 445 g/mol. The summed E-state index contributed by atoms with van der Waals surface area (Å²) >= 11 is 7.61. The van der Waals surface area contributed by atoms with Gasteiger partial charge in [0.1, 0.15) is 5.82 Å². The van der Waals surface area contributed by atoms with Crippen LogP contribution in [0, 0.1) is 5.82 Å². The summed E-state index contributed by atoms with van der Waals surface area (Å²) in [5.74, 6) is -0.360. The standard InChI is InChI=1S/C22H22ClFN4OS/c23-18-4-2-1-3-16(18)5-8-21(29)25-9-10-27-11-13-28(14-12-27)22-26-19-7-6-17(24)15-20(19)30-22/h1-8,15H,9-14H2,(H,25,29)/b8-5+. The van der Waals surface area contributed by atoms with Gasteiger partial charge in [0.05, 0.1) is 10.2 Å². The molecule has 0 saturated carbocycles. The monoisotopic (exact) mass is 444 g/mol. The van der Waals surface area contributed by atoms with Gasteiger partial charge in [0.25, 0.3) is 0 Å². The van der Waals surface area contributed by atoms with E-state index in [1.165, 1.54) is 29.5 Å². The fourth-order valence-electron chi connectivity index (χ4n) is 3.36. The summed E-state index contributed by atoms with van der Waals surface area (Å²) in [5, 5.41) is 4.48. The molecule has 0 radical (unpaired) electrons. The summed E-state index contributed by atoms with van der Waals surface area (Å²) in [6.45, 7) is 4.91. The third-order valence-corrected chi connectivity index (χ3v) is 6.45. The Morgan fingerprint density at radius 1 is 1.20 bits per heavy atom. The highest BCUT2D eigenvalue weighted by atomic mass is 35.5. The van der Waals surface area contributed by atoms with Gasteiger partial charge in [-0.05, 0) is 35.9 Å². The Morgan fingerprint density at radius 3 is 2.80 bits per heavy atom. The normalized spacial score (nSPS) is 15.2. The van der Waals surface area contributed by atoms with Gasteiger partial charge in [-0.3, -0.25) is 9.69 Å². The Labute approximate surface area is 183 Å². The van der Waals surface area contributed by atoms with E-state index in [0.29, 0.717) is 11.6 Å². The van der Waals surface area contributed by atoms with Gasteiger partial charge >= 0.3 is 0 Å². The van der Waals surface area contributed by atoms with Crippen molar-refractivity contribution in [3.05, 3.63) is 64.9 Å². The summed E-state index contributed by atoms with van der Waals surface area (Å²) in [6.07, 6.45) is 3.23. The molecule has 1 N–H and O–H groups in total. The number of aromatic nitrogens is 1. The molecule has 1 fully saturated rings. The molecule has 0 atom stereocenters. The minimum absolute atomic E-state index is 0.129. The Balaban J connectivity index is 1.21. The molecule has 0 spiro atoms. The molecule has 3 aromatic rings. The van der Waals surface area contributed by atoms with Gasteiger partial charge < -0.3 is 10.2 Å². The minimum Gasteiger partial charge on any atom is -0.351 e. The highest BCUT2D eigenvalue weighted by Crippen LogP contribution is 2.29. The van der Waals surface area contributed by atoms with Gasteiger partial charge in [0.15, 0.2) is 5.13 Å². The van der Waals surface area contributed by atoms with Crippen molar-refractivity contribution in [2.45, 2.75) is 0 Å². The Hall–Kier alpha value is -2.48. The fourth-order valence-corrected chi connectivity index (χ4v) is 4.60. The number of carbonyl (C=O) groups excluding carboxylic acids is 1. The first-order valence-corrected chi connectivity index (χ1v) is 11.0. The third-order valence-electron chi connectivity index (χ3n) is 5.03. The van der Waals surface area contributed by atoms with Crippen LogP contribution in [0.2, 0.25) is 5.02 Å². The van der Waals surface area contributed by atoms with E-state index in [4.69, 9.17) is 11.6 Å². The van der Waals surface area contributed by atoms with Crippen molar-refractivity contribution < 1.29 is 9.18 Å². The van der Waals surface area contributed by atoms with Crippen molar-refractivity contribution >= 4 is 50.3 Å². The van der Waals surface area contributed by atoms with Gasteiger partial charge in [-0.15, -0.1) is 0 Å². The van der Waals surface area contributed by atoms with Crippen molar-refractivity contribution in [3.8, 4) is 0 Å². The molecule has 1 aliphatic heterocycles. The first kappa shape index (κ1) is 20.8. The lowest BCUT2D eigenvalue weighted by atomic mass is 10.2. The second-order valence-corrected chi connectivity index (χ2v) is 8.50. The molecule has 1 amide bonds. The summed E-state index contributed by atoms with van der Waals surface area (Å²) in [7, 11) is 0. The van der Waals surface area contributed by atoms with Crippen LogP contribution in [-0.2, 0) is 4.79 Å². The lowest BCUT2D eigenvalue weighted by Gasteiger charge is -2.34. The smallest absolute Gasteiger partial charge is 0.244 e. The zero-order valence-corrected chi connectivity index (χ0v) is 17.9. The molecule has 1 aliphatic rings. The number of halogens is 2. The number of anilines is 1. The zero-order chi connectivity index (χ0) is 20.9. The Morgan fingerprint density at radius 2 is 2.00 bits per heavy atom. The number of piperazine rings is 1. The molecule has 156 valence electrons. The first-order valence-electron chi connectivity index (χ1n) is 9.82. The van der Waals surface area contributed by atoms with Gasteiger partial charge in [-0.2, -0.15) is 0 Å². The summed E-state index contributed by atoms with van der Waals surface area (Å²) in [5.41, 5.74) is 1.66. The predicted molar refractivity (Wildman–Crippen MR) is 122 cm³/mol. The fraction of sp³-hybridized carbons (Fsp3) is 0.273. The van der Waals surface area contributed by atoms with E-state index < -0.39 is 0 Å². The second kappa shape index (κ2) is 9.55. The van der Waals surface area contributed by atoms with E-state index in [0.717, 1.165) is 53.6 Å². The maximum Gasteiger partial charge on any atom is 0.244 e. The van der Waals surface area contributed by atoms with Crippen molar-refractivity contribution in [1.82, 2.24) is 15.2 Å². The highest BCUT2D eigenvalue weighted by Gasteiger charge is 2.19. The predicted octanol–water partition coefficient (Wildman–Crippen LogP) is 4.04. The number of benzene rings is 2. The second-order valence-electron chi connectivity index (χ2n) is 7.08. The van der Waals surface area contributed by atoms with Crippen LogP contribution in [0.5, 0.6) is 0 Å². The molecular formula is C22H22ClFN4OS. The highest BCUT2D eigenvalue weighted by molar-refractivity contribution is 7.22. The quantitative estimate of drug-likeness (QED) is 0.583. The number of thiazole rings is 1. The molecule has 1 aromatic heterocycles. The van der Waals surface area contributed by atoms with E-state index in [1.54, 1.807) is 18.2 Å². The molecule has 0 bridgehead atoms. The SMILES string of the molecule is O=C(/C=C/c1ccccc1Cl)NCCN1CCN(c2nc3ccc(F)cc3s2)CC1. The van der Waals surface area contributed by atoms with Crippen LogP contribution in [0.4, 0.5) is 9.52 Å². The first-order chi connectivity index (χ1) is 14.6. The topological polar surface area (TPSA) is 48.5 Å². The van der Waals surface area contributed by atoms with Crippen molar-refractivity contribution in [1.29, 1.82) is 0 Å². The minimum atomic E-state index is -0.230. The molecule has 1 saturated heterocycles. The van der Waals surface area contributed by atoms with E-state index in [9.17, 15) is 9.18 Å². The van der Waals surface area contributed by atoms with Gasteiger partial charge in [-0.1, -0.05) is 41.1 Å². The molecule has 0 aliphatic carbocycles. The molecule has 0 unspecified atom stereocenters. The largest absolute Gasteiger partial charge is 0.351 e. The van der Waals surface area contributed by atoms with Crippen LogP contribution < -0.4 is 10.2 Å². The maximum atomic E-state index is 13.4. The van der Waals surface area contributed by atoms with Crippen molar-refractivity contribution in [3.63, 3.8) is 0 Å². The van der Waals surface area contributed by atoms with Crippen LogP contribution >= 0.6 is 22.9 Å². The van der Waals surface area contributed by atoms with Crippen molar-refractivity contribution in [2.75, 3.05) is 44.2 Å². The van der Waals surface area contributed by atoms with Crippen LogP contribution in [-0.4, -0.2) is 55.1 Å². The molecule has 30 heavy (non-hydrogen) atoms. The lowest BCUT2D eigenvalue weighted by Crippen LogP contribution is -2.48. The third kappa shape index (κ3) is 5.16. The zero-order valence-electron chi connectivity index (χ0n) is 16.4. The molecule has 5 nitrogen and oxygen atoms in total. The molecule has 4 rings (SSSR count). The average Bonchev–Trinajstić information content (AvgIpc) is 3.17. The summed E-state index contributed by atoms with van der Waals surface area (Å²) < 4.78 is 14.3. The van der Waals surface area contributed by atoms with Crippen LogP contribution in [0.3, 0.4) is 0 Å². The van der Waals surface area contributed by atoms with Crippen molar-refractivity contribution in [2.24, 2.45) is 0 Å². The molecule has 2 heterocycles. The number of fused-ring (bicyclic) bond motifs is 1. The lowest BCUT2D eigenvalue weighted by molar-refractivity contribution is -0.116. The number of hydrogen-bond donors (Lipinski definition) is 1. The van der Waals surface area contributed by atoms with Crippen LogP contribution in [0.25, 0.3) is 16.3 Å². The van der Waals surface area contributed by atoms with Crippen LogP contribution in [0.1, 0.15) is 5.56 Å². The number of amides is 1. The molecule has 2 aromatic carbocycles. The summed E-state index contributed by atoms with van der Waals surface area (Å²) in [4.78, 5) is 21.2. The number of nitrogens with one attached hydrogen (secondary N) is 1.